The van der Waals surface area contributed by atoms with Crippen LogP contribution in [0.1, 0.15) is 16.8 Å². The van der Waals surface area contributed by atoms with Crippen LogP contribution in [0.2, 0.25) is 0 Å². The summed E-state index contributed by atoms with van der Waals surface area (Å²) in [6.45, 7) is 1.85. The highest BCUT2D eigenvalue weighted by molar-refractivity contribution is 5.73. The average molecular weight is 215 g/mol. The third kappa shape index (κ3) is 1.65. The van der Waals surface area contributed by atoms with Crippen LogP contribution in [0.25, 0.3) is 12.2 Å². The highest BCUT2D eigenvalue weighted by Crippen LogP contribution is 2.12. The average Bonchev–Trinajstić information content (AvgIpc) is 2.28. The van der Waals surface area contributed by atoms with Gasteiger partial charge in [-0.05, 0) is 30.7 Å². The fourth-order valence-corrected chi connectivity index (χ4v) is 1.40. The standard InChI is InChI=1S/C12H9NO3/c1-7-6-8(4-5-13-7)2-3-9-10(14)12(16)11(9)15/h2-6,14H,1H3/b3-2+. The SMILES string of the molecule is Cc1cc(/C=C/c2c(O)c(=O)c2=O)ccn1. The number of rotatable bonds is 2. The van der Waals surface area contributed by atoms with E-state index < -0.39 is 16.6 Å². The van der Waals surface area contributed by atoms with Crippen LogP contribution >= 0.6 is 0 Å². The van der Waals surface area contributed by atoms with E-state index >= 15 is 0 Å². The van der Waals surface area contributed by atoms with E-state index in [-0.39, 0.29) is 5.56 Å². The lowest BCUT2D eigenvalue weighted by atomic mass is 10.1. The Labute approximate surface area is 91.2 Å². The molecule has 0 aliphatic heterocycles. The van der Waals surface area contributed by atoms with Crippen LogP contribution in [0, 0.1) is 6.92 Å². The summed E-state index contributed by atoms with van der Waals surface area (Å²) in [6, 6.07) is 3.60. The molecule has 0 unspecified atom stereocenters. The first kappa shape index (κ1) is 10.3. The Bertz CT molecular complexity index is 634. The van der Waals surface area contributed by atoms with E-state index in [0.717, 1.165) is 11.3 Å². The van der Waals surface area contributed by atoms with E-state index in [4.69, 9.17) is 5.11 Å². The summed E-state index contributed by atoms with van der Waals surface area (Å²) in [5.74, 6) is -0.452. The lowest BCUT2D eigenvalue weighted by molar-refractivity contribution is 0.461. The molecule has 4 nitrogen and oxygen atoms in total. The molecule has 0 bridgehead atoms. The van der Waals surface area contributed by atoms with Gasteiger partial charge in [0.25, 0.3) is 5.43 Å². The first-order chi connectivity index (χ1) is 7.59. The van der Waals surface area contributed by atoms with Crippen molar-refractivity contribution in [1.29, 1.82) is 0 Å². The molecule has 0 fully saturated rings. The maximum absolute atomic E-state index is 11.0. The minimum Gasteiger partial charge on any atom is -0.504 e. The van der Waals surface area contributed by atoms with Crippen molar-refractivity contribution in [3.8, 4) is 5.75 Å². The van der Waals surface area contributed by atoms with Gasteiger partial charge in [-0.1, -0.05) is 6.08 Å². The zero-order chi connectivity index (χ0) is 11.7. The second kappa shape index (κ2) is 3.73. The molecule has 4 heteroatoms. The Morgan fingerprint density at radius 2 is 2.00 bits per heavy atom. The first-order valence-corrected chi connectivity index (χ1v) is 4.72. The molecule has 0 aliphatic rings. The summed E-state index contributed by atoms with van der Waals surface area (Å²) >= 11 is 0. The number of aryl methyl sites for hydroxylation is 1. The molecule has 2 aromatic rings. The summed E-state index contributed by atoms with van der Waals surface area (Å²) in [4.78, 5) is 25.8. The van der Waals surface area contributed by atoms with Crippen LogP contribution in [-0.2, 0) is 0 Å². The van der Waals surface area contributed by atoms with Crippen molar-refractivity contribution in [1.82, 2.24) is 4.98 Å². The van der Waals surface area contributed by atoms with Crippen LogP contribution in [0.4, 0.5) is 0 Å². The second-order valence-corrected chi connectivity index (χ2v) is 3.48. The van der Waals surface area contributed by atoms with Crippen LogP contribution in [0.3, 0.4) is 0 Å². The van der Waals surface area contributed by atoms with E-state index in [1.165, 1.54) is 6.08 Å². The maximum atomic E-state index is 11.0. The van der Waals surface area contributed by atoms with Gasteiger partial charge in [0, 0.05) is 11.9 Å². The van der Waals surface area contributed by atoms with E-state index in [1.54, 1.807) is 18.3 Å². The topological polar surface area (TPSA) is 67.3 Å². The van der Waals surface area contributed by atoms with E-state index in [1.807, 2.05) is 13.0 Å². The van der Waals surface area contributed by atoms with Crippen molar-refractivity contribution in [3.63, 3.8) is 0 Å². The summed E-state index contributed by atoms with van der Waals surface area (Å²) in [7, 11) is 0. The normalized spacial score (nSPS) is 11.3. The van der Waals surface area contributed by atoms with Crippen LogP contribution < -0.4 is 10.9 Å². The van der Waals surface area contributed by atoms with Gasteiger partial charge in [0.1, 0.15) is 0 Å². The quantitative estimate of drug-likeness (QED) is 0.754. The lowest BCUT2D eigenvalue weighted by Crippen LogP contribution is -2.32. The van der Waals surface area contributed by atoms with Crippen molar-refractivity contribution < 1.29 is 5.11 Å². The van der Waals surface area contributed by atoms with Crippen molar-refractivity contribution in [2.75, 3.05) is 0 Å². The molecule has 0 saturated heterocycles. The summed E-state index contributed by atoms with van der Waals surface area (Å²) in [6.07, 6.45) is 4.75. The van der Waals surface area contributed by atoms with Crippen LogP contribution in [-0.4, -0.2) is 10.1 Å². The number of aromatic hydroxyl groups is 1. The lowest BCUT2D eigenvalue weighted by Gasteiger charge is -1.99. The Hall–Kier alpha value is -2.23. The number of aromatic nitrogens is 1. The van der Waals surface area contributed by atoms with Crippen molar-refractivity contribution in [2.45, 2.75) is 6.92 Å². The third-order valence-electron chi connectivity index (χ3n) is 2.28. The van der Waals surface area contributed by atoms with E-state index in [0.29, 0.717) is 0 Å². The molecule has 0 saturated carbocycles. The molecule has 1 N–H and O–H groups in total. The molecule has 80 valence electrons. The number of hydrogen-bond acceptors (Lipinski definition) is 4. The van der Waals surface area contributed by atoms with Crippen LogP contribution in [0.15, 0.2) is 27.9 Å². The van der Waals surface area contributed by atoms with Crippen molar-refractivity contribution in [2.24, 2.45) is 0 Å². The Morgan fingerprint density at radius 3 is 2.62 bits per heavy atom. The second-order valence-electron chi connectivity index (χ2n) is 3.48. The molecule has 1 aromatic heterocycles. The van der Waals surface area contributed by atoms with Gasteiger partial charge in [-0.15, -0.1) is 0 Å². The monoisotopic (exact) mass is 215 g/mol. The van der Waals surface area contributed by atoms with Gasteiger partial charge in [0.15, 0.2) is 5.75 Å². The Morgan fingerprint density at radius 1 is 1.25 bits per heavy atom. The zero-order valence-corrected chi connectivity index (χ0v) is 8.60. The Kier molecular flexibility index (Phi) is 2.40. The number of nitrogens with zero attached hydrogens (tertiary/aromatic N) is 1. The predicted octanol–water partition coefficient (Wildman–Crippen LogP) is 0.862. The van der Waals surface area contributed by atoms with Crippen LogP contribution in [0.5, 0.6) is 5.75 Å². The number of hydrogen-bond donors (Lipinski definition) is 1. The largest absolute Gasteiger partial charge is 0.504 e. The maximum Gasteiger partial charge on any atom is 0.268 e. The molecule has 0 aliphatic carbocycles. The highest BCUT2D eigenvalue weighted by atomic mass is 16.3. The van der Waals surface area contributed by atoms with Crippen molar-refractivity contribution >= 4 is 12.2 Å². The summed E-state index contributed by atoms with van der Waals surface area (Å²) in [5, 5.41) is 9.12. The molecule has 1 heterocycles. The van der Waals surface area contributed by atoms with Crippen molar-refractivity contribution in [3.05, 3.63) is 55.6 Å². The first-order valence-electron chi connectivity index (χ1n) is 4.72. The fraction of sp³-hybridized carbons (Fsp3) is 0.0833. The summed E-state index contributed by atoms with van der Waals surface area (Å²) in [5.41, 5.74) is 0.334. The van der Waals surface area contributed by atoms with Gasteiger partial charge in [-0.3, -0.25) is 14.6 Å². The minimum absolute atomic E-state index is 0.0689. The molecular formula is C12H9NO3. The molecule has 16 heavy (non-hydrogen) atoms. The zero-order valence-electron chi connectivity index (χ0n) is 8.60. The third-order valence-corrected chi connectivity index (χ3v) is 2.28. The van der Waals surface area contributed by atoms with Gasteiger partial charge in [-0.25, -0.2) is 0 Å². The van der Waals surface area contributed by atoms with E-state index in [9.17, 15) is 9.59 Å². The smallest absolute Gasteiger partial charge is 0.268 e. The predicted molar refractivity (Wildman–Crippen MR) is 60.9 cm³/mol. The highest BCUT2D eigenvalue weighted by Gasteiger charge is 2.16. The van der Waals surface area contributed by atoms with Gasteiger partial charge in [0.05, 0.1) is 5.56 Å². The summed E-state index contributed by atoms with van der Waals surface area (Å²) < 4.78 is 0. The van der Waals surface area contributed by atoms with Gasteiger partial charge < -0.3 is 5.11 Å². The van der Waals surface area contributed by atoms with E-state index in [2.05, 4.69) is 4.98 Å². The molecule has 1 aromatic carbocycles. The minimum atomic E-state index is -0.814. The van der Waals surface area contributed by atoms with Gasteiger partial charge in [0.2, 0.25) is 5.43 Å². The van der Waals surface area contributed by atoms with Gasteiger partial charge in [-0.2, -0.15) is 0 Å². The molecular weight excluding hydrogens is 206 g/mol. The molecule has 0 spiro atoms. The fourth-order valence-electron chi connectivity index (χ4n) is 1.40. The molecule has 0 atom stereocenters. The molecule has 2 rings (SSSR count). The number of pyridine rings is 1. The Balaban J connectivity index is 2.30. The molecule has 0 amide bonds. The van der Waals surface area contributed by atoms with Gasteiger partial charge >= 0.3 is 0 Å². The molecule has 0 radical (unpaired) electrons.